The van der Waals surface area contributed by atoms with E-state index in [0.29, 0.717) is 45.4 Å². The molecule has 42 heavy (non-hydrogen) atoms. The third kappa shape index (κ3) is 6.59. The summed E-state index contributed by atoms with van der Waals surface area (Å²) in [6.07, 6.45) is 2.83. The Labute approximate surface area is 245 Å². The fourth-order valence-corrected chi connectivity index (χ4v) is 5.97. The van der Waals surface area contributed by atoms with Crippen molar-refractivity contribution in [2.24, 2.45) is 0 Å². The zero-order valence-electron chi connectivity index (χ0n) is 24.2. The van der Waals surface area contributed by atoms with Gasteiger partial charge in [-0.25, -0.2) is 4.39 Å². The number of fused-ring (bicyclic) bond motifs is 3. The van der Waals surface area contributed by atoms with Gasteiger partial charge >= 0.3 is 5.97 Å². The summed E-state index contributed by atoms with van der Waals surface area (Å²) in [5.74, 6) is 0.898. The number of amides is 1. The first-order chi connectivity index (χ1) is 20.5. The summed E-state index contributed by atoms with van der Waals surface area (Å²) in [5, 5.41) is 0.779. The summed E-state index contributed by atoms with van der Waals surface area (Å²) in [6, 6.07) is 21.9. The van der Waals surface area contributed by atoms with Crippen molar-refractivity contribution in [1.82, 2.24) is 9.47 Å². The van der Waals surface area contributed by atoms with Gasteiger partial charge in [0.2, 0.25) is 5.91 Å². The summed E-state index contributed by atoms with van der Waals surface area (Å²) in [4.78, 5) is 28.2. The Kier molecular flexibility index (Phi) is 9.41. The van der Waals surface area contributed by atoms with Gasteiger partial charge in [0.1, 0.15) is 30.5 Å². The number of aryl methyl sites for hydroxylation is 1. The minimum atomic E-state index is -0.332. The number of carbonyl (C=O) groups excluding carboxylic acids is 2. The Balaban J connectivity index is 1.40. The molecular formula is C34H37FN2O5. The Morgan fingerprint density at radius 3 is 2.62 bits per heavy atom. The van der Waals surface area contributed by atoms with Crippen LogP contribution in [0, 0.1) is 5.82 Å². The van der Waals surface area contributed by atoms with Crippen molar-refractivity contribution < 1.29 is 28.2 Å². The largest absolute Gasteiger partial charge is 0.496 e. The number of halogens is 1. The van der Waals surface area contributed by atoms with Crippen LogP contribution in [-0.2, 0) is 40.1 Å². The molecule has 0 bridgehead atoms. The maximum Gasteiger partial charge on any atom is 0.325 e. The van der Waals surface area contributed by atoms with Gasteiger partial charge in [0.15, 0.2) is 0 Å². The molecule has 1 amide bonds. The molecule has 1 aliphatic rings. The van der Waals surface area contributed by atoms with Crippen LogP contribution in [0.15, 0.2) is 72.8 Å². The summed E-state index contributed by atoms with van der Waals surface area (Å²) >= 11 is 0. The molecule has 0 saturated carbocycles. The summed E-state index contributed by atoms with van der Waals surface area (Å²) in [5.41, 5.74) is 3.77. The van der Waals surface area contributed by atoms with Crippen LogP contribution in [0.1, 0.15) is 36.6 Å². The molecule has 220 valence electrons. The smallest absolute Gasteiger partial charge is 0.325 e. The Morgan fingerprint density at radius 1 is 1.05 bits per heavy atom. The highest BCUT2D eigenvalue weighted by Crippen LogP contribution is 2.35. The third-order valence-corrected chi connectivity index (χ3v) is 7.90. The summed E-state index contributed by atoms with van der Waals surface area (Å²) in [7, 11) is 1.63. The Hall–Kier alpha value is -4.33. The number of rotatable bonds is 12. The van der Waals surface area contributed by atoms with E-state index in [9.17, 15) is 14.0 Å². The molecule has 4 aromatic rings. The molecule has 1 heterocycles. The fraction of sp³-hybridized carbons (Fsp3) is 0.353. The summed E-state index contributed by atoms with van der Waals surface area (Å²) < 4.78 is 33.1. The monoisotopic (exact) mass is 572 g/mol. The van der Waals surface area contributed by atoms with E-state index in [2.05, 4.69) is 0 Å². The van der Waals surface area contributed by atoms with Gasteiger partial charge in [-0.3, -0.25) is 9.59 Å². The van der Waals surface area contributed by atoms with Gasteiger partial charge in [-0.15, -0.1) is 0 Å². The first-order valence-corrected chi connectivity index (χ1v) is 14.5. The molecule has 0 radical (unpaired) electrons. The number of nitrogens with zero attached hydrogens (tertiary/aromatic N) is 2. The van der Waals surface area contributed by atoms with Crippen LogP contribution >= 0.6 is 0 Å². The van der Waals surface area contributed by atoms with Crippen molar-refractivity contribution in [2.75, 3.05) is 26.9 Å². The third-order valence-electron chi connectivity index (χ3n) is 7.90. The van der Waals surface area contributed by atoms with Crippen molar-refractivity contribution in [3.63, 3.8) is 0 Å². The first-order valence-electron chi connectivity index (χ1n) is 14.5. The van der Waals surface area contributed by atoms with Crippen molar-refractivity contribution in [2.45, 2.75) is 51.6 Å². The number of hydrogen-bond donors (Lipinski definition) is 0. The van der Waals surface area contributed by atoms with Crippen LogP contribution in [0.3, 0.4) is 0 Å². The minimum absolute atomic E-state index is 0.0347. The highest BCUT2D eigenvalue weighted by molar-refractivity contribution is 5.87. The van der Waals surface area contributed by atoms with Gasteiger partial charge in [0.05, 0.1) is 20.3 Å². The average molecular weight is 573 g/mol. The molecule has 8 heteroatoms. The van der Waals surface area contributed by atoms with E-state index >= 15 is 0 Å². The Bertz CT molecular complexity index is 1530. The van der Waals surface area contributed by atoms with E-state index in [0.717, 1.165) is 45.6 Å². The quantitative estimate of drug-likeness (QED) is 0.202. The van der Waals surface area contributed by atoms with Crippen molar-refractivity contribution in [3.05, 3.63) is 95.4 Å². The van der Waals surface area contributed by atoms with E-state index < -0.39 is 0 Å². The van der Waals surface area contributed by atoms with E-state index in [4.69, 9.17) is 14.2 Å². The maximum atomic E-state index is 14.4. The van der Waals surface area contributed by atoms with Crippen LogP contribution < -0.4 is 9.47 Å². The number of carbonyl (C=O) groups is 2. The lowest BCUT2D eigenvalue weighted by molar-refractivity contribution is -0.143. The number of benzene rings is 3. The average Bonchev–Trinajstić information content (AvgIpc) is 3.30. The molecule has 3 aromatic carbocycles. The zero-order chi connectivity index (χ0) is 29.5. The second kappa shape index (κ2) is 13.6. The number of aromatic nitrogens is 1. The molecule has 0 saturated heterocycles. The molecule has 1 aromatic heterocycles. The lowest BCUT2D eigenvalue weighted by Crippen LogP contribution is -2.45. The zero-order valence-corrected chi connectivity index (χ0v) is 24.2. The number of methoxy groups -OCH3 is 1. The number of ether oxygens (including phenoxy) is 3. The Morgan fingerprint density at radius 2 is 1.83 bits per heavy atom. The van der Waals surface area contributed by atoms with E-state index in [-0.39, 0.29) is 30.3 Å². The standard InChI is InChI=1S/C34H37FN2O5/c1-3-41-34(39)23-37-30-16-14-25(35)21-28(30)29-22-26(15-17-31(29)37)36(19-20-42-27-10-5-4-6-11-27)33(38)18-13-24-9-7-8-12-32(24)40-2/h4-12,14,16,21,26H,3,13,15,17-20,22-23H2,1-2H3/t26-/m0/s1. The molecule has 1 aliphatic carbocycles. The minimum Gasteiger partial charge on any atom is -0.496 e. The molecule has 0 spiro atoms. The van der Waals surface area contributed by atoms with Crippen LogP contribution in [0.2, 0.25) is 0 Å². The number of esters is 1. The maximum absolute atomic E-state index is 14.4. The normalized spacial score (nSPS) is 14.3. The predicted octanol–water partition coefficient (Wildman–Crippen LogP) is 5.75. The van der Waals surface area contributed by atoms with Crippen LogP contribution in [0.25, 0.3) is 10.9 Å². The topological polar surface area (TPSA) is 70.0 Å². The van der Waals surface area contributed by atoms with E-state index in [1.165, 1.54) is 12.1 Å². The molecule has 0 unspecified atom stereocenters. The van der Waals surface area contributed by atoms with Gasteiger partial charge in [-0.2, -0.15) is 0 Å². The van der Waals surface area contributed by atoms with Gasteiger partial charge in [0.25, 0.3) is 0 Å². The van der Waals surface area contributed by atoms with Gasteiger partial charge in [0, 0.05) is 29.1 Å². The van der Waals surface area contributed by atoms with Crippen LogP contribution in [-0.4, -0.2) is 54.3 Å². The highest BCUT2D eigenvalue weighted by atomic mass is 19.1. The predicted molar refractivity (Wildman–Crippen MR) is 159 cm³/mol. The van der Waals surface area contributed by atoms with Crippen LogP contribution in [0.5, 0.6) is 11.5 Å². The van der Waals surface area contributed by atoms with Gasteiger partial charge in [-0.1, -0.05) is 36.4 Å². The van der Waals surface area contributed by atoms with Crippen LogP contribution in [0.4, 0.5) is 4.39 Å². The summed E-state index contributed by atoms with van der Waals surface area (Å²) in [6.45, 7) is 2.93. The fourth-order valence-electron chi connectivity index (χ4n) is 5.97. The second-order valence-electron chi connectivity index (χ2n) is 10.4. The molecule has 1 atom stereocenters. The van der Waals surface area contributed by atoms with Crippen molar-refractivity contribution in [3.8, 4) is 11.5 Å². The molecule has 5 rings (SSSR count). The van der Waals surface area contributed by atoms with Gasteiger partial charge in [-0.05, 0) is 80.1 Å². The lowest BCUT2D eigenvalue weighted by Gasteiger charge is -2.35. The molecule has 0 N–H and O–H groups in total. The first kappa shape index (κ1) is 29.2. The highest BCUT2D eigenvalue weighted by Gasteiger charge is 2.32. The number of hydrogen-bond acceptors (Lipinski definition) is 5. The molecule has 7 nitrogen and oxygen atoms in total. The van der Waals surface area contributed by atoms with Crippen molar-refractivity contribution >= 4 is 22.8 Å². The van der Waals surface area contributed by atoms with Crippen molar-refractivity contribution in [1.29, 1.82) is 0 Å². The molecule has 0 fully saturated rings. The van der Waals surface area contributed by atoms with E-state index in [1.807, 2.05) is 64.1 Å². The van der Waals surface area contributed by atoms with Gasteiger partial charge < -0.3 is 23.7 Å². The van der Waals surface area contributed by atoms with E-state index in [1.54, 1.807) is 20.1 Å². The molecule has 0 aliphatic heterocycles. The molecular weight excluding hydrogens is 535 g/mol. The second-order valence-corrected chi connectivity index (χ2v) is 10.4. The lowest BCUT2D eigenvalue weighted by atomic mass is 9.90. The SMILES string of the molecule is CCOC(=O)Cn1c2c(c3cc(F)ccc31)C[C@@H](N(CCOc1ccccc1)C(=O)CCc1ccccc1OC)CC2. The number of para-hydroxylation sites is 2.